The van der Waals surface area contributed by atoms with Crippen molar-refractivity contribution >= 4 is 28.9 Å². The SMILES string of the molecule is CN(C)c1ncncc1NC(=O)NCc1nc(C(F)(F)F)cs1. The van der Waals surface area contributed by atoms with Gasteiger partial charge >= 0.3 is 12.2 Å². The minimum atomic E-state index is -4.49. The van der Waals surface area contributed by atoms with Gasteiger partial charge in [0.1, 0.15) is 17.0 Å². The zero-order chi connectivity index (χ0) is 17.0. The van der Waals surface area contributed by atoms with E-state index in [2.05, 4.69) is 25.6 Å². The van der Waals surface area contributed by atoms with Crippen LogP contribution < -0.4 is 15.5 Å². The van der Waals surface area contributed by atoms with Gasteiger partial charge in [-0.15, -0.1) is 11.3 Å². The summed E-state index contributed by atoms with van der Waals surface area (Å²) in [5.74, 6) is 0.503. The summed E-state index contributed by atoms with van der Waals surface area (Å²) in [6.45, 7) is -0.114. The summed E-state index contributed by atoms with van der Waals surface area (Å²) >= 11 is 0.826. The third-order valence-electron chi connectivity index (χ3n) is 2.61. The molecule has 2 aromatic rings. The Morgan fingerprint density at radius 2 is 2.13 bits per heavy atom. The number of hydrogen-bond acceptors (Lipinski definition) is 6. The number of halogens is 3. The lowest BCUT2D eigenvalue weighted by Gasteiger charge is -2.15. The second kappa shape index (κ2) is 6.77. The molecule has 124 valence electrons. The number of nitrogens with one attached hydrogen (secondary N) is 2. The highest BCUT2D eigenvalue weighted by atomic mass is 32.1. The van der Waals surface area contributed by atoms with Crippen molar-refractivity contribution < 1.29 is 18.0 Å². The fourth-order valence-electron chi connectivity index (χ4n) is 1.61. The van der Waals surface area contributed by atoms with Gasteiger partial charge in [-0.2, -0.15) is 13.2 Å². The van der Waals surface area contributed by atoms with E-state index < -0.39 is 17.9 Å². The number of carbonyl (C=O) groups is 1. The standard InChI is InChI=1S/C12H13F3N6OS/c1-21(2)10-7(3-16-6-18-10)19-11(22)17-4-9-20-8(5-23-9)12(13,14)15/h3,5-6H,4H2,1-2H3,(H2,17,19,22). The molecule has 2 N–H and O–H groups in total. The molecule has 0 bridgehead atoms. The number of rotatable bonds is 4. The van der Waals surface area contributed by atoms with Crippen LogP contribution in [0, 0.1) is 0 Å². The second-order valence-corrected chi connectivity index (χ2v) is 5.53. The minimum absolute atomic E-state index is 0.114. The third kappa shape index (κ3) is 4.52. The Bertz CT molecular complexity index is 687. The molecule has 2 amide bonds. The Morgan fingerprint density at radius 1 is 1.39 bits per heavy atom. The van der Waals surface area contributed by atoms with Crippen molar-refractivity contribution in [1.29, 1.82) is 0 Å². The summed E-state index contributed by atoms with van der Waals surface area (Å²) in [6, 6.07) is -0.591. The maximum Gasteiger partial charge on any atom is 0.434 e. The van der Waals surface area contributed by atoms with Gasteiger partial charge in [-0.3, -0.25) is 0 Å². The zero-order valence-electron chi connectivity index (χ0n) is 12.2. The normalized spacial score (nSPS) is 11.2. The zero-order valence-corrected chi connectivity index (χ0v) is 13.0. The molecule has 0 saturated heterocycles. The molecule has 2 heterocycles. The highest BCUT2D eigenvalue weighted by molar-refractivity contribution is 7.09. The van der Waals surface area contributed by atoms with Crippen molar-refractivity contribution in [3.63, 3.8) is 0 Å². The van der Waals surface area contributed by atoms with E-state index in [1.807, 2.05) is 0 Å². The maximum absolute atomic E-state index is 12.4. The van der Waals surface area contributed by atoms with Crippen molar-refractivity contribution in [2.45, 2.75) is 12.7 Å². The van der Waals surface area contributed by atoms with Crippen LogP contribution in [-0.2, 0) is 12.7 Å². The number of hydrogen-bond donors (Lipinski definition) is 2. The minimum Gasteiger partial charge on any atom is -0.361 e. The van der Waals surface area contributed by atoms with Gasteiger partial charge < -0.3 is 15.5 Å². The van der Waals surface area contributed by atoms with Gasteiger partial charge in [0.2, 0.25) is 0 Å². The topological polar surface area (TPSA) is 83.0 Å². The van der Waals surface area contributed by atoms with Gasteiger partial charge in [-0.05, 0) is 0 Å². The largest absolute Gasteiger partial charge is 0.434 e. The van der Waals surface area contributed by atoms with Crippen LogP contribution in [0.4, 0.5) is 29.5 Å². The van der Waals surface area contributed by atoms with Gasteiger partial charge in [0.05, 0.1) is 12.7 Å². The molecule has 7 nitrogen and oxygen atoms in total. The highest BCUT2D eigenvalue weighted by Gasteiger charge is 2.33. The first-order valence-corrected chi connectivity index (χ1v) is 7.19. The third-order valence-corrected chi connectivity index (χ3v) is 3.45. The van der Waals surface area contributed by atoms with E-state index in [0.29, 0.717) is 11.5 Å². The van der Waals surface area contributed by atoms with E-state index >= 15 is 0 Å². The molecule has 23 heavy (non-hydrogen) atoms. The number of nitrogens with zero attached hydrogens (tertiary/aromatic N) is 4. The van der Waals surface area contributed by atoms with Gasteiger partial charge in [0.15, 0.2) is 11.5 Å². The van der Waals surface area contributed by atoms with E-state index in [1.165, 1.54) is 12.5 Å². The molecule has 0 saturated carbocycles. The summed E-state index contributed by atoms with van der Waals surface area (Å²) in [5.41, 5.74) is -0.587. The fraction of sp³-hybridized carbons (Fsp3) is 0.333. The number of thiazole rings is 1. The Balaban J connectivity index is 1.95. The Morgan fingerprint density at radius 3 is 2.74 bits per heavy atom. The predicted molar refractivity (Wildman–Crippen MR) is 79.3 cm³/mol. The van der Waals surface area contributed by atoms with Gasteiger partial charge in [-0.25, -0.2) is 19.7 Å². The van der Waals surface area contributed by atoms with Crippen molar-refractivity contribution in [3.8, 4) is 0 Å². The van der Waals surface area contributed by atoms with Crippen LogP contribution in [0.2, 0.25) is 0 Å². The molecule has 2 aromatic heterocycles. The van der Waals surface area contributed by atoms with E-state index in [-0.39, 0.29) is 11.6 Å². The van der Waals surface area contributed by atoms with Crippen molar-refractivity contribution in [2.75, 3.05) is 24.3 Å². The van der Waals surface area contributed by atoms with E-state index in [1.54, 1.807) is 19.0 Å². The summed E-state index contributed by atoms with van der Waals surface area (Å²) in [5, 5.41) is 6.04. The lowest BCUT2D eigenvalue weighted by molar-refractivity contribution is -0.140. The predicted octanol–water partition coefficient (Wildman–Crippen LogP) is 2.34. The molecule has 2 rings (SSSR count). The molecule has 0 unspecified atom stereocenters. The quantitative estimate of drug-likeness (QED) is 0.888. The first-order chi connectivity index (χ1) is 10.8. The van der Waals surface area contributed by atoms with Crippen LogP contribution in [0.15, 0.2) is 17.9 Å². The van der Waals surface area contributed by atoms with E-state index in [4.69, 9.17) is 0 Å². The number of carbonyl (C=O) groups excluding carboxylic acids is 1. The van der Waals surface area contributed by atoms with Gasteiger partial charge in [0.25, 0.3) is 0 Å². The Hall–Kier alpha value is -2.43. The summed E-state index contributed by atoms with van der Waals surface area (Å²) in [4.78, 5) is 24.8. The molecule has 0 atom stereocenters. The average molecular weight is 346 g/mol. The molecule has 0 aliphatic carbocycles. The number of amides is 2. The molecule has 0 aliphatic heterocycles. The van der Waals surface area contributed by atoms with Crippen LogP contribution in [-0.4, -0.2) is 35.1 Å². The smallest absolute Gasteiger partial charge is 0.361 e. The maximum atomic E-state index is 12.4. The lowest BCUT2D eigenvalue weighted by atomic mass is 10.4. The molecular weight excluding hydrogens is 333 g/mol. The van der Waals surface area contributed by atoms with E-state index in [9.17, 15) is 18.0 Å². The van der Waals surface area contributed by atoms with E-state index in [0.717, 1.165) is 16.7 Å². The Kier molecular flexibility index (Phi) is 4.98. The Labute approximate surface area is 133 Å². The first kappa shape index (κ1) is 16.9. The molecular formula is C12H13F3N6OS. The summed E-state index contributed by atoms with van der Waals surface area (Å²) in [6.07, 6.45) is -1.72. The fourth-order valence-corrected chi connectivity index (χ4v) is 2.35. The molecule has 11 heteroatoms. The van der Waals surface area contributed by atoms with Crippen LogP contribution in [0.1, 0.15) is 10.7 Å². The van der Waals surface area contributed by atoms with Crippen LogP contribution in [0.5, 0.6) is 0 Å². The van der Waals surface area contributed by atoms with Crippen molar-refractivity contribution in [3.05, 3.63) is 28.6 Å². The number of anilines is 2. The summed E-state index contributed by atoms with van der Waals surface area (Å²) in [7, 11) is 3.50. The first-order valence-electron chi connectivity index (χ1n) is 6.31. The van der Waals surface area contributed by atoms with Crippen LogP contribution in [0.25, 0.3) is 0 Å². The van der Waals surface area contributed by atoms with Crippen LogP contribution >= 0.6 is 11.3 Å². The van der Waals surface area contributed by atoms with Crippen molar-refractivity contribution in [2.24, 2.45) is 0 Å². The van der Waals surface area contributed by atoms with Gasteiger partial charge in [-0.1, -0.05) is 0 Å². The molecule has 0 aromatic carbocycles. The number of urea groups is 1. The van der Waals surface area contributed by atoms with Crippen LogP contribution in [0.3, 0.4) is 0 Å². The van der Waals surface area contributed by atoms with Crippen molar-refractivity contribution in [1.82, 2.24) is 20.3 Å². The lowest BCUT2D eigenvalue weighted by Crippen LogP contribution is -2.29. The number of aromatic nitrogens is 3. The molecule has 0 spiro atoms. The molecule has 0 radical (unpaired) electrons. The second-order valence-electron chi connectivity index (χ2n) is 4.59. The average Bonchev–Trinajstić information content (AvgIpc) is 2.94. The highest BCUT2D eigenvalue weighted by Crippen LogP contribution is 2.29. The van der Waals surface area contributed by atoms with Gasteiger partial charge in [0, 0.05) is 19.5 Å². The molecule has 0 fully saturated rings. The summed E-state index contributed by atoms with van der Waals surface area (Å²) < 4.78 is 37.3. The monoisotopic (exact) mass is 346 g/mol. The molecule has 0 aliphatic rings. The number of alkyl halides is 3.